The van der Waals surface area contributed by atoms with Crippen molar-refractivity contribution in [1.82, 2.24) is 50.1 Å². The first-order chi connectivity index (χ1) is 19.2. The van der Waals surface area contributed by atoms with Crippen molar-refractivity contribution in [3.05, 3.63) is 29.6 Å². The lowest BCUT2D eigenvalue weighted by Crippen LogP contribution is -2.62. The summed E-state index contributed by atoms with van der Waals surface area (Å²) in [6.45, 7) is 5.60. The van der Waals surface area contributed by atoms with E-state index >= 15 is 0 Å². The summed E-state index contributed by atoms with van der Waals surface area (Å²) in [7, 11) is 0. The van der Waals surface area contributed by atoms with Crippen LogP contribution in [0, 0.1) is 17.8 Å². The molecule has 0 saturated carbocycles. The van der Waals surface area contributed by atoms with Crippen molar-refractivity contribution in [3.63, 3.8) is 0 Å². The van der Waals surface area contributed by atoms with Crippen LogP contribution in [0.4, 0.5) is 0 Å². The van der Waals surface area contributed by atoms with E-state index in [9.17, 15) is 24.3 Å². The summed E-state index contributed by atoms with van der Waals surface area (Å²) in [6.07, 6.45) is 5.41. The summed E-state index contributed by atoms with van der Waals surface area (Å²) in [5, 5.41) is 31.8. The second-order valence-electron chi connectivity index (χ2n) is 11.0. The molecule has 4 aliphatic heterocycles. The van der Waals surface area contributed by atoms with Gasteiger partial charge in [-0.1, -0.05) is 13.8 Å². The number of amides is 2. The molecule has 15 nitrogen and oxygen atoms in total. The highest BCUT2D eigenvalue weighted by Crippen LogP contribution is 2.53. The number of β-lactam (4-membered cyclic amide) rings is 1. The first-order valence-electron chi connectivity index (χ1n) is 13.3. The number of nitrogens with zero attached hydrogens (tertiary/aromatic N) is 9. The highest BCUT2D eigenvalue weighted by molar-refractivity contribution is 8.03. The topological polar surface area (TPSA) is 181 Å². The minimum atomic E-state index is -1.13. The molecule has 212 valence electrons. The first-order valence-corrected chi connectivity index (χ1v) is 14.2. The molecule has 0 aliphatic carbocycles. The largest absolute Gasteiger partial charge is 0.477 e. The van der Waals surface area contributed by atoms with Gasteiger partial charge >= 0.3 is 5.97 Å². The predicted molar refractivity (Wildman–Crippen MR) is 138 cm³/mol. The second kappa shape index (κ2) is 10.4. The number of carboxylic acids is 1. The van der Waals surface area contributed by atoms with Crippen LogP contribution in [-0.2, 0) is 25.7 Å². The van der Waals surface area contributed by atoms with Gasteiger partial charge in [-0.05, 0) is 22.8 Å². The fraction of sp³-hybridized carbons (Fsp3) is 0.625. The van der Waals surface area contributed by atoms with Crippen LogP contribution in [0.25, 0.3) is 0 Å². The van der Waals surface area contributed by atoms with E-state index in [1.165, 1.54) is 27.7 Å². The number of likely N-dealkylation sites (tertiary alicyclic amines) is 1. The van der Waals surface area contributed by atoms with Crippen molar-refractivity contribution in [2.75, 3.05) is 19.6 Å². The van der Waals surface area contributed by atoms with Crippen molar-refractivity contribution in [2.24, 2.45) is 17.8 Å². The molecule has 0 radical (unpaired) electrons. The van der Waals surface area contributed by atoms with Crippen LogP contribution in [0.15, 0.2) is 29.6 Å². The van der Waals surface area contributed by atoms with Gasteiger partial charge in [-0.2, -0.15) is 0 Å². The van der Waals surface area contributed by atoms with E-state index in [2.05, 4.69) is 31.0 Å². The summed E-state index contributed by atoms with van der Waals surface area (Å²) in [4.78, 5) is 55.0. The van der Waals surface area contributed by atoms with Gasteiger partial charge in [0.25, 0.3) is 0 Å². The van der Waals surface area contributed by atoms with Crippen LogP contribution in [0.5, 0.6) is 0 Å². The molecule has 3 saturated heterocycles. The minimum absolute atomic E-state index is 0.00165. The molecule has 0 bridgehead atoms. The molecule has 6 atom stereocenters. The fourth-order valence-electron chi connectivity index (χ4n) is 6.35. The fourth-order valence-corrected chi connectivity index (χ4v) is 7.83. The van der Waals surface area contributed by atoms with E-state index in [4.69, 9.17) is 0 Å². The number of ketones is 1. The Balaban J connectivity index is 1.07. The molecule has 16 heteroatoms. The van der Waals surface area contributed by atoms with Gasteiger partial charge in [0.1, 0.15) is 31.2 Å². The number of thioether (sulfide) groups is 1. The maximum absolute atomic E-state index is 13.2. The lowest BCUT2D eigenvalue weighted by molar-refractivity contribution is -0.160. The molecule has 40 heavy (non-hydrogen) atoms. The average Bonchev–Trinajstić information content (AvgIpc) is 3.67. The van der Waals surface area contributed by atoms with Crippen LogP contribution in [0.2, 0.25) is 0 Å². The molecular weight excluding hydrogens is 540 g/mol. The Morgan fingerprint density at radius 3 is 2.60 bits per heavy atom. The zero-order valence-corrected chi connectivity index (χ0v) is 22.8. The van der Waals surface area contributed by atoms with Gasteiger partial charge in [-0.3, -0.25) is 14.4 Å². The molecule has 0 unspecified atom stereocenters. The van der Waals surface area contributed by atoms with E-state index in [1.54, 1.807) is 12.7 Å². The molecule has 6 heterocycles. The number of tetrazole rings is 1. The zero-order chi connectivity index (χ0) is 28.1. The number of Topliss-reactive ketones (excluding diaryl/α,β-unsaturated/α-hetero) is 1. The molecular formula is C24H30N10O5S. The van der Waals surface area contributed by atoms with E-state index < -0.39 is 11.9 Å². The van der Waals surface area contributed by atoms with E-state index in [1.807, 2.05) is 23.3 Å². The van der Waals surface area contributed by atoms with Crippen molar-refractivity contribution < 1.29 is 24.3 Å². The average molecular weight is 571 g/mol. The Kier molecular flexibility index (Phi) is 6.90. The molecule has 0 aromatic carbocycles. The molecule has 2 N–H and O–H groups in total. The Hall–Kier alpha value is -3.66. The minimum Gasteiger partial charge on any atom is -0.477 e. The number of hydrogen-bond acceptors (Lipinski definition) is 11. The van der Waals surface area contributed by atoms with Crippen molar-refractivity contribution in [1.29, 1.82) is 0 Å². The molecule has 4 aliphatic rings. The second-order valence-corrected chi connectivity index (χ2v) is 12.3. The number of carbonyl (C=O) groups is 4. The standard InChI is InChI=1S/C24H30N10O5S/c1-12(3-15(35)8-33-11-28-29-30-33)18-19-13(2)21(20(24(38)39)34(19)23(18)37)40-16-4-17(25-5-16)22(36)31-6-14(7-31)32-9-26-27-10-32/h9-14,16-19,25H,3-8H2,1-2H3,(H,38,39)/t12-,13+,16-,17-,18+,19+/m0/s1. The Morgan fingerprint density at radius 1 is 1.18 bits per heavy atom. The highest BCUT2D eigenvalue weighted by atomic mass is 32.2. The van der Waals surface area contributed by atoms with Gasteiger partial charge in [-0.25, -0.2) is 9.48 Å². The van der Waals surface area contributed by atoms with Gasteiger partial charge in [0.2, 0.25) is 11.8 Å². The van der Waals surface area contributed by atoms with Crippen LogP contribution < -0.4 is 5.32 Å². The zero-order valence-electron chi connectivity index (χ0n) is 22.0. The van der Waals surface area contributed by atoms with Gasteiger partial charge in [0.05, 0.1) is 24.0 Å². The van der Waals surface area contributed by atoms with E-state index in [-0.39, 0.29) is 71.5 Å². The number of aromatic nitrogens is 7. The quantitative estimate of drug-likeness (QED) is 0.339. The monoisotopic (exact) mass is 570 g/mol. The highest BCUT2D eigenvalue weighted by Gasteiger charge is 2.60. The number of nitrogens with one attached hydrogen (secondary N) is 1. The molecule has 2 amide bonds. The van der Waals surface area contributed by atoms with Crippen molar-refractivity contribution >= 4 is 35.3 Å². The summed E-state index contributed by atoms with van der Waals surface area (Å²) in [5.74, 6) is -2.34. The predicted octanol–water partition coefficient (Wildman–Crippen LogP) is -0.820. The van der Waals surface area contributed by atoms with Gasteiger partial charge in [-0.15, -0.1) is 27.1 Å². The van der Waals surface area contributed by atoms with E-state index in [0.717, 1.165) is 0 Å². The normalized spacial score (nSPS) is 28.9. The number of fused-ring (bicyclic) bond motifs is 1. The summed E-state index contributed by atoms with van der Waals surface area (Å²) < 4.78 is 3.24. The Labute approximate surface area is 233 Å². The SMILES string of the molecule is C[C@@H](CC(=O)Cn1cnnn1)[C@H]1C(=O)N2C(C(=O)O)=C(S[C@@H]3CN[C@H](C(=O)N4CC(n5cnnc5)C4)C3)[C@H](C)[C@H]12. The third kappa shape index (κ3) is 4.58. The first kappa shape index (κ1) is 26.6. The summed E-state index contributed by atoms with van der Waals surface area (Å²) >= 11 is 1.45. The molecule has 2 aromatic heterocycles. The van der Waals surface area contributed by atoms with Gasteiger partial charge in [0, 0.05) is 42.1 Å². The number of carboxylic acid groups (broad SMARTS) is 1. The smallest absolute Gasteiger partial charge is 0.353 e. The lowest BCUT2D eigenvalue weighted by atomic mass is 9.73. The third-order valence-electron chi connectivity index (χ3n) is 8.40. The molecule has 6 rings (SSSR count). The van der Waals surface area contributed by atoms with Crippen LogP contribution in [0.3, 0.4) is 0 Å². The lowest BCUT2D eigenvalue weighted by Gasteiger charge is -2.47. The Bertz CT molecular complexity index is 1340. The van der Waals surface area contributed by atoms with Crippen LogP contribution >= 0.6 is 11.8 Å². The summed E-state index contributed by atoms with van der Waals surface area (Å²) in [6, 6.07) is -0.456. The van der Waals surface area contributed by atoms with Gasteiger partial charge < -0.3 is 24.8 Å². The molecule has 0 spiro atoms. The number of carbonyl (C=O) groups excluding carboxylic acids is 3. The number of aliphatic carboxylic acids is 1. The number of hydrogen-bond donors (Lipinski definition) is 2. The Morgan fingerprint density at radius 2 is 1.93 bits per heavy atom. The van der Waals surface area contributed by atoms with Gasteiger partial charge in [0.15, 0.2) is 5.78 Å². The maximum Gasteiger partial charge on any atom is 0.353 e. The maximum atomic E-state index is 13.2. The van der Waals surface area contributed by atoms with Crippen molar-refractivity contribution in [3.8, 4) is 0 Å². The third-order valence-corrected chi connectivity index (χ3v) is 9.91. The molecule has 2 aromatic rings. The van der Waals surface area contributed by atoms with Crippen LogP contribution in [0.1, 0.15) is 32.7 Å². The number of rotatable bonds is 10. The summed E-state index contributed by atoms with van der Waals surface area (Å²) in [5.41, 5.74) is 0.0327. The molecule has 3 fully saturated rings. The van der Waals surface area contributed by atoms with E-state index in [0.29, 0.717) is 31.0 Å². The van der Waals surface area contributed by atoms with Crippen LogP contribution in [-0.4, -0.2) is 110 Å². The van der Waals surface area contributed by atoms with Crippen molar-refractivity contribution in [2.45, 2.75) is 56.6 Å².